The van der Waals surface area contributed by atoms with Crippen molar-refractivity contribution in [3.8, 4) is 0 Å². The largest absolute Gasteiger partial charge is 0.359 e. The first-order valence-corrected chi connectivity index (χ1v) is 11.3. The summed E-state index contributed by atoms with van der Waals surface area (Å²) in [5.74, 6) is -0.0106. The molecule has 3 heterocycles. The molecule has 2 aromatic rings. The molecule has 0 unspecified atom stereocenters. The molecule has 1 N–H and O–H groups in total. The molecule has 0 spiro atoms. The number of amides is 3. The third kappa shape index (κ3) is 4.78. The Morgan fingerprint density at radius 2 is 1.88 bits per heavy atom. The van der Waals surface area contributed by atoms with Crippen molar-refractivity contribution in [3.05, 3.63) is 63.9 Å². The standard InChI is InChI=1S/C24H27ClN4O3/c1-26-23(31)18-6-9-28(10-7-18)22(30)13-16-2-3-17-5-11-29(15-19(17)12-16)24(32)20-14-27-8-4-21(20)25/h2-4,8,12,14,18H,5-7,9-11,13,15H2,1H3,(H,26,31). The number of benzene rings is 1. The van der Waals surface area contributed by atoms with Gasteiger partial charge in [-0.1, -0.05) is 29.8 Å². The van der Waals surface area contributed by atoms with E-state index in [9.17, 15) is 14.4 Å². The molecule has 0 radical (unpaired) electrons. The molecule has 2 aliphatic heterocycles. The van der Waals surface area contributed by atoms with Crippen molar-refractivity contribution in [2.45, 2.75) is 32.2 Å². The van der Waals surface area contributed by atoms with Gasteiger partial charge in [0.1, 0.15) is 0 Å². The second-order valence-corrected chi connectivity index (χ2v) is 8.79. The molecule has 7 nitrogen and oxygen atoms in total. The van der Waals surface area contributed by atoms with Crippen LogP contribution in [0.1, 0.15) is 39.9 Å². The molecule has 168 valence electrons. The average molecular weight is 455 g/mol. The smallest absolute Gasteiger partial charge is 0.257 e. The Morgan fingerprint density at radius 1 is 1.09 bits per heavy atom. The number of nitrogens with zero attached hydrogens (tertiary/aromatic N) is 3. The van der Waals surface area contributed by atoms with Crippen LogP contribution in [0.15, 0.2) is 36.7 Å². The minimum Gasteiger partial charge on any atom is -0.359 e. The van der Waals surface area contributed by atoms with Crippen molar-refractivity contribution in [2.75, 3.05) is 26.7 Å². The third-order valence-corrected chi connectivity index (χ3v) is 6.72. The zero-order valence-electron chi connectivity index (χ0n) is 18.1. The summed E-state index contributed by atoms with van der Waals surface area (Å²) >= 11 is 6.18. The summed E-state index contributed by atoms with van der Waals surface area (Å²) < 4.78 is 0. The minimum absolute atomic E-state index is 0.00960. The van der Waals surface area contributed by atoms with Gasteiger partial charge in [-0.3, -0.25) is 19.4 Å². The third-order valence-electron chi connectivity index (χ3n) is 6.39. The predicted octanol–water partition coefficient (Wildman–Crippen LogP) is 2.46. The second kappa shape index (κ2) is 9.69. The number of hydrogen-bond donors (Lipinski definition) is 1. The van der Waals surface area contributed by atoms with Crippen LogP contribution in [0, 0.1) is 5.92 Å². The fourth-order valence-electron chi connectivity index (χ4n) is 4.48. The molecule has 0 bridgehead atoms. The Morgan fingerprint density at radius 3 is 2.59 bits per heavy atom. The van der Waals surface area contributed by atoms with Crippen LogP contribution in [0.2, 0.25) is 5.02 Å². The topological polar surface area (TPSA) is 82.6 Å². The lowest BCUT2D eigenvalue weighted by molar-refractivity contribution is -0.134. The normalized spacial score (nSPS) is 16.4. The van der Waals surface area contributed by atoms with E-state index in [1.54, 1.807) is 24.2 Å². The maximum Gasteiger partial charge on any atom is 0.257 e. The zero-order chi connectivity index (χ0) is 22.7. The van der Waals surface area contributed by atoms with Gasteiger partial charge < -0.3 is 15.1 Å². The molecule has 32 heavy (non-hydrogen) atoms. The quantitative estimate of drug-likeness (QED) is 0.769. The molecule has 8 heteroatoms. The Labute approximate surface area is 192 Å². The number of rotatable bonds is 4. The molecule has 1 aromatic heterocycles. The lowest BCUT2D eigenvalue weighted by atomic mass is 9.94. The number of fused-ring (bicyclic) bond motifs is 1. The average Bonchev–Trinajstić information content (AvgIpc) is 2.83. The number of carbonyl (C=O) groups is 3. The van der Waals surface area contributed by atoms with E-state index in [0.717, 1.165) is 17.5 Å². The van der Waals surface area contributed by atoms with Crippen molar-refractivity contribution >= 4 is 29.3 Å². The van der Waals surface area contributed by atoms with Gasteiger partial charge in [0, 0.05) is 51.5 Å². The number of hydrogen-bond acceptors (Lipinski definition) is 4. The highest BCUT2D eigenvalue weighted by molar-refractivity contribution is 6.33. The summed E-state index contributed by atoms with van der Waals surface area (Å²) in [6.45, 7) is 2.32. The molecule has 0 aliphatic carbocycles. The van der Waals surface area contributed by atoms with Gasteiger partial charge in [0.2, 0.25) is 11.8 Å². The lowest BCUT2D eigenvalue weighted by Crippen LogP contribution is -2.43. The van der Waals surface area contributed by atoms with Crippen LogP contribution >= 0.6 is 11.6 Å². The molecule has 1 saturated heterocycles. The van der Waals surface area contributed by atoms with Crippen molar-refractivity contribution in [1.82, 2.24) is 20.1 Å². The molecule has 2 aliphatic rings. The summed E-state index contributed by atoms with van der Waals surface area (Å²) in [4.78, 5) is 45.2. The summed E-state index contributed by atoms with van der Waals surface area (Å²) in [6, 6.07) is 7.72. The molecule has 3 amide bonds. The van der Waals surface area contributed by atoms with Gasteiger partial charge >= 0.3 is 0 Å². The van der Waals surface area contributed by atoms with Crippen LogP contribution in [0.25, 0.3) is 0 Å². The van der Waals surface area contributed by atoms with Gasteiger partial charge in [0.25, 0.3) is 5.91 Å². The van der Waals surface area contributed by atoms with Crippen molar-refractivity contribution in [3.63, 3.8) is 0 Å². The highest BCUT2D eigenvalue weighted by Crippen LogP contribution is 2.25. The van der Waals surface area contributed by atoms with Crippen molar-refractivity contribution < 1.29 is 14.4 Å². The fraction of sp³-hybridized carbons (Fsp3) is 0.417. The maximum absolute atomic E-state index is 12.9. The summed E-state index contributed by atoms with van der Waals surface area (Å²) in [5.41, 5.74) is 3.61. The van der Waals surface area contributed by atoms with E-state index in [1.807, 2.05) is 17.0 Å². The number of carbonyl (C=O) groups excluding carboxylic acids is 3. The highest BCUT2D eigenvalue weighted by Gasteiger charge is 2.27. The number of likely N-dealkylation sites (tertiary alicyclic amines) is 1. The number of nitrogens with one attached hydrogen (secondary N) is 1. The van der Waals surface area contributed by atoms with Crippen LogP contribution in [-0.2, 0) is 29.0 Å². The molecule has 0 atom stereocenters. The molecular weight excluding hydrogens is 428 g/mol. The first kappa shape index (κ1) is 22.3. The highest BCUT2D eigenvalue weighted by atomic mass is 35.5. The van der Waals surface area contributed by atoms with Gasteiger partial charge in [-0.25, -0.2) is 0 Å². The number of halogens is 1. The Bertz CT molecular complexity index is 1030. The van der Waals surface area contributed by atoms with E-state index in [-0.39, 0.29) is 23.6 Å². The first-order chi connectivity index (χ1) is 15.5. The van der Waals surface area contributed by atoms with Crippen molar-refractivity contribution in [2.24, 2.45) is 5.92 Å². The van der Waals surface area contributed by atoms with Crippen LogP contribution in [-0.4, -0.2) is 59.2 Å². The molecule has 1 aromatic carbocycles. The number of piperidine rings is 1. The molecular formula is C24H27ClN4O3. The van der Waals surface area contributed by atoms with Gasteiger partial charge in [-0.2, -0.15) is 0 Å². The summed E-state index contributed by atoms with van der Waals surface area (Å²) in [6.07, 6.45) is 5.55. The maximum atomic E-state index is 12.9. The molecule has 0 saturated carbocycles. The Balaban J connectivity index is 1.39. The summed E-state index contributed by atoms with van der Waals surface area (Å²) in [5, 5.41) is 3.09. The Kier molecular flexibility index (Phi) is 6.74. The van der Waals surface area contributed by atoms with E-state index in [0.29, 0.717) is 56.0 Å². The minimum atomic E-state index is -0.130. The lowest BCUT2D eigenvalue weighted by Gasteiger charge is -2.31. The van der Waals surface area contributed by atoms with Crippen molar-refractivity contribution in [1.29, 1.82) is 0 Å². The Hall–Kier alpha value is -2.93. The van der Waals surface area contributed by atoms with Crippen LogP contribution in [0.3, 0.4) is 0 Å². The fourth-order valence-corrected chi connectivity index (χ4v) is 4.67. The van der Waals surface area contributed by atoms with Gasteiger partial charge in [-0.15, -0.1) is 0 Å². The van der Waals surface area contributed by atoms with E-state index in [1.165, 1.54) is 11.8 Å². The predicted molar refractivity (Wildman–Crippen MR) is 121 cm³/mol. The molecule has 4 rings (SSSR count). The van der Waals surface area contributed by atoms with E-state index >= 15 is 0 Å². The van der Waals surface area contributed by atoms with Crippen LogP contribution in [0.4, 0.5) is 0 Å². The van der Waals surface area contributed by atoms with E-state index < -0.39 is 0 Å². The monoisotopic (exact) mass is 454 g/mol. The van der Waals surface area contributed by atoms with E-state index in [4.69, 9.17) is 11.6 Å². The van der Waals surface area contributed by atoms with Gasteiger partial charge in [0.05, 0.1) is 17.0 Å². The number of aromatic nitrogens is 1. The van der Waals surface area contributed by atoms with Gasteiger partial charge in [-0.05, 0) is 42.0 Å². The SMILES string of the molecule is CNC(=O)C1CCN(C(=O)Cc2ccc3c(c2)CN(C(=O)c2cnccc2Cl)CC3)CC1. The van der Waals surface area contributed by atoms with E-state index in [2.05, 4.69) is 16.4 Å². The summed E-state index contributed by atoms with van der Waals surface area (Å²) in [7, 11) is 1.65. The second-order valence-electron chi connectivity index (χ2n) is 8.38. The van der Waals surface area contributed by atoms with Gasteiger partial charge in [0.15, 0.2) is 0 Å². The molecule has 1 fully saturated rings. The van der Waals surface area contributed by atoms with Crippen LogP contribution < -0.4 is 5.32 Å². The first-order valence-electron chi connectivity index (χ1n) is 10.9. The zero-order valence-corrected chi connectivity index (χ0v) is 18.9. The number of pyridine rings is 1. The van der Waals surface area contributed by atoms with Crippen LogP contribution in [0.5, 0.6) is 0 Å².